The number of aliphatic hydroxyl groups excluding tert-OH is 1. The van der Waals surface area contributed by atoms with Crippen LogP contribution >= 0.6 is 0 Å². The Morgan fingerprint density at radius 1 is 1.50 bits per heavy atom. The molecule has 0 spiro atoms. The van der Waals surface area contributed by atoms with Gasteiger partial charge >= 0.3 is 0 Å². The highest BCUT2D eigenvalue weighted by Gasteiger charge is 2.17. The van der Waals surface area contributed by atoms with Crippen LogP contribution in [-0.2, 0) is 9.59 Å². The third-order valence-electron chi connectivity index (χ3n) is 1.57. The Kier molecular flexibility index (Phi) is 4.28. The van der Waals surface area contributed by atoms with Crippen LogP contribution in [0.25, 0.3) is 0 Å². The second-order valence-corrected chi connectivity index (χ2v) is 2.71. The summed E-state index contributed by atoms with van der Waals surface area (Å²) < 4.78 is 0. The lowest BCUT2D eigenvalue weighted by atomic mass is 10.1. The number of carbonyl (C=O) groups is 2. The van der Waals surface area contributed by atoms with E-state index < -0.39 is 17.9 Å². The van der Waals surface area contributed by atoms with E-state index in [4.69, 9.17) is 10.8 Å². The highest BCUT2D eigenvalue weighted by atomic mass is 16.3. The van der Waals surface area contributed by atoms with Gasteiger partial charge in [-0.1, -0.05) is 6.92 Å². The number of aliphatic hydroxyl groups is 1. The van der Waals surface area contributed by atoms with Crippen molar-refractivity contribution >= 4 is 11.8 Å². The van der Waals surface area contributed by atoms with Gasteiger partial charge in [-0.3, -0.25) is 9.59 Å². The zero-order chi connectivity index (χ0) is 9.72. The minimum atomic E-state index is -0.724. The number of primary amides is 1. The number of hydrogen-bond donors (Lipinski definition) is 3. The van der Waals surface area contributed by atoms with E-state index in [1.165, 1.54) is 6.92 Å². The molecule has 0 heterocycles. The van der Waals surface area contributed by atoms with Gasteiger partial charge in [0, 0.05) is 0 Å². The maximum absolute atomic E-state index is 11.0. The predicted octanol–water partition coefficient (Wildman–Crippen LogP) is -1.40. The minimum absolute atomic E-state index is 0.185. The van der Waals surface area contributed by atoms with E-state index >= 15 is 0 Å². The van der Waals surface area contributed by atoms with Crippen molar-refractivity contribution in [1.29, 1.82) is 0 Å². The normalized spacial score (nSPS) is 14.9. The molecule has 0 aromatic carbocycles. The summed E-state index contributed by atoms with van der Waals surface area (Å²) in [7, 11) is 0. The molecule has 0 unspecified atom stereocenters. The molecule has 0 rings (SSSR count). The average Bonchev–Trinajstić information content (AvgIpc) is 1.98. The molecule has 2 amide bonds. The van der Waals surface area contributed by atoms with Crippen LogP contribution in [0.3, 0.4) is 0 Å². The molecule has 0 aliphatic heterocycles. The molecule has 2 atom stereocenters. The van der Waals surface area contributed by atoms with Gasteiger partial charge in [-0.2, -0.15) is 0 Å². The van der Waals surface area contributed by atoms with Gasteiger partial charge in [-0.15, -0.1) is 0 Å². The van der Waals surface area contributed by atoms with E-state index in [1.807, 2.05) is 0 Å². The van der Waals surface area contributed by atoms with Crippen LogP contribution in [0.4, 0.5) is 0 Å². The fourth-order valence-electron chi connectivity index (χ4n) is 0.554. The van der Waals surface area contributed by atoms with Gasteiger partial charge in [0.1, 0.15) is 0 Å². The Morgan fingerprint density at radius 2 is 2.00 bits per heavy atom. The molecule has 0 aromatic rings. The van der Waals surface area contributed by atoms with Crippen molar-refractivity contribution in [2.45, 2.75) is 20.0 Å². The van der Waals surface area contributed by atoms with Crippen molar-refractivity contribution in [3.8, 4) is 0 Å². The summed E-state index contributed by atoms with van der Waals surface area (Å²) in [6, 6.07) is 0. The van der Waals surface area contributed by atoms with Gasteiger partial charge < -0.3 is 16.2 Å². The molecular weight excluding hydrogens is 160 g/mol. The Bertz CT molecular complexity index is 179. The molecule has 0 saturated heterocycles. The van der Waals surface area contributed by atoms with Crippen LogP contribution in [0.1, 0.15) is 13.8 Å². The number of carbonyl (C=O) groups excluding carboxylic acids is 2. The second-order valence-electron chi connectivity index (χ2n) is 2.71. The summed E-state index contributed by atoms with van der Waals surface area (Å²) in [5, 5.41) is 11.3. The summed E-state index contributed by atoms with van der Waals surface area (Å²) in [4.78, 5) is 21.3. The van der Waals surface area contributed by atoms with Gasteiger partial charge in [-0.25, -0.2) is 0 Å². The first-order valence-electron chi connectivity index (χ1n) is 3.69. The van der Waals surface area contributed by atoms with Crippen molar-refractivity contribution in [3.05, 3.63) is 0 Å². The summed E-state index contributed by atoms with van der Waals surface area (Å²) in [5.41, 5.74) is 4.80. The van der Waals surface area contributed by atoms with Crippen molar-refractivity contribution in [3.63, 3.8) is 0 Å². The lowest BCUT2D eigenvalue weighted by Gasteiger charge is -2.13. The second kappa shape index (κ2) is 4.71. The van der Waals surface area contributed by atoms with E-state index in [1.54, 1.807) is 6.92 Å². The SMILES string of the molecule is C[C@H](C(=O)NCC(N)=O)[C@@H](C)O. The fourth-order valence-corrected chi connectivity index (χ4v) is 0.554. The lowest BCUT2D eigenvalue weighted by molar-refractivity contribution is -0.129. The van der Waals surface area contributed by atoms with Gasteiger partial charge in [0.25, 0.3) is 0 Å². The third kappa shape index (κ3) is 3.92. The van der Waals surface area contributed by atoms with Crippen LogP contribution < -0.4 is 11.1 Å². The maximum Gasteiger partial charge on any atom is 0.236 e. The van der Waals surface area contributed by atoms with Gasteiger partial charge in [0.2, 0.25) is 11.8 Å². The van der Waals surface area contributed by atoms with Crippen molar-refractivity contribution in [2.75, 3.05) is 6.54 Å². The van der Waals surface area contributed by atoms with Gasteiger partial charge in [0.15, 0.2) is 0 Å². The number of rotatable bonds is 4. The molecule has 0 saturated carbocycles. The van der Waals surface area contributed by atoms with Gasteiger partial charge in [0.05, 0.1) is 18.6 Å². The first kappa shape index (κ1) is 10.9. The monoisotopic (exact) mass is 174 g/mol. The number of amides is 2. The number of hydrogen-bond acceptors (Lipinski definition) is 3. The first-order valence-corrected chi connectivity index (χ1v) is 3.69. The summed E-state index contributed by atoms with van der Waals surface area (Å²) in [5.74, 6) is -1.49. The molecule has 0 aromatic heterocycles. The Balaban J connectivity index is 3.80. The van der Waals surface area contributed by atoms with Crippen molar-refractivity contribution < 1.29 is 14.7 Å². The molecule has 0 aliphatic carbocycles. The first-order chi connectivity index (χ1) is 5.45. The smallest absolute Gasteiger partial charge is 0.236 e. The van der Waals surface area contributed by atoms with E-state index in [0.717, 1.165) is 0 Å². The zero-order valence-electron chi connectivity index (χ0n) is 7.20. The van der Waals surface area contributed by atoms with Crippen LogP contribution in [0.5, 0.6) is 0 Å². The van der Waals surface area contributed by atoms with Crippen LogP contribution in [-0.4, -0.2) is 29.6 Å². The van der Waals surface area contributed by atoms with E-state index in [0.29, 0.717) is 0 Å². The quantitative estimate of drug-likeness (QED) is 0.489. The average molecular weight is 174 g/mol. The number of nitrogens with one attached hydrogen (secondary N) is 1. The Hall–Kier alpha value is -1.10. The standard InChI is InChI=1S/C7H14N2O3/c1-4(5(2)10)7(12)9-3-6(8)11/h4-5,10H,3H2,1-2H3,(H2,8,11)(H,9,12)/t4-,5+/m0/s1. The van der Waals surface area contributed by atoms with Crippen LogP contribution in [0.15, 0.2) is 0 Å². The molecule has 5 nitrogen and oxygen atoms in total. The van der Waals surface area contributed by atoms with Gasteiger partial charge in [-0.05, 0) is 6.92 Å². The number of nitrogens with two attached hydrogens (primary N) is 1. The highest BCUT2D eigenvalue weighted by Crippen LogP contribution is 2.00. The summed E-state index contributed by atoms with van der Waals surface area (Å²) in [6.45, 7) is 2.89. The topological polar surface area (TPSA) is 92.4 Å². The van der Waals surface area contributed by atoms with E-state index in [-0.39, 0.29) is 12.5 Å². The molecule has 0 fully saturated rings. The lowest BCUT2D eigenvalue weighted by Crippen LogP contribution is -2.39. The van der Waals surface area contributed by atoms with Crippen molar-refractivity contribution in [2.24, 2.45) is 11.7 Å². The molecule has 70 valence electrons. The molecule has 12 heavy (non-hydrogen) atoms. The maximum atomic E-state index is 11.0. The largest absolute Gasteiger partial charge is 0.393 e. The fraction of sp³-hybridized carbons (Fsp3) is 0.714. The molecule has 4 N–H and O–H groups in total. The molecule has 5 heteroatoms. The van der Waals surface area contributed by atoms with Crippen LogP contribution in [0, 0.1) is 5.92 Å². The summed E-state index contributed by atoms with van der Waals surface area (Å²) >= 11 is 0. The molecule has 0 aliphatic rings. The molecule has 0 bridgehead atoms. The highest BCUT2D eigenvalue weighted by molar-refractivity contribution is 5.84. The summed E-state index contributed by atoms with van der Waals surface area (Å²) in [6.07, 6.45) is -0.724. The predicted molar refractivity (Wildman–Crippen MR) is 43.0 cm³/mol. The molecule has 0 radical (unpaired) electrons. The van der Waals surface area contributed by atoms with E-state index in [9.17, 15) is 9.59 Å². The third-order valence-corrected chi connectivity index (χ3v) is 1.57. The Labute approximate surface area is 70.9 Å². The zero-order valence-corrected chi connectivity index (χ0v) is 7.20. The molecular formula is C7H14N2O3. The Morgan fingerprint density at radius 3 is 2.33 bits per heavy atom. The van der Waals surface area contributed by atoms with Crippen molar-refractivity contribution in [1.82, 2.24) is 5.32 Å². The van der Waals surface area contributed by atoms with E-state index in [2.05, 4.69) is 5.32 Å². The minimum Gasteiger partial charge on any atom is -0.393 e. The van der Waals surface area contributed by atoms with Crippen LogP contribution in [0.2, 0.25) is 0 Å².